The Morgan fingerprint density at radius 3 is 2.62 bits per heavy atom. The Balaban J connectivity index is 2.38. The van der Waals surface area contributed by atoms with Crippen molar-refractivity contribution in [2.24, 2.45) is 11.3 Å². The van der Waals surface area contributed by atoms with Crippen LogP contribution < -0.4 is 0 Å². The van der Waals surface area contributed by atoms with E-state index in [1.807, 2.05) is 0 Å². The Morgan fingerprint density at radius 1 is 1.50 bits per heavy atom. The van der Waals surface area contributed by atoms with Gasteiger partial charge in [0.15, 0.2) is 6.29 Å². The van der Waals surface area contributed by atoms with E-state index in [0.29, 0.717) is 19.1 Å². The van der Waals surface area contributed by atoms with Crippen molar-refractivity contribution in [3.63, 3.8) is 0 Å². The number of ether oxygens (including phenoxy) is 2. The van der Waals surface area contributed by atoms with Crippen molar-refractivity contribution in [3.8, 4) is 0 Å². The molecule has 0 amide bonds. The minimum atomic E-state index is -0.722. The first-order valence-electron chi connectivity index (χ1n) is 6.38. The van der Waals surface area contributed by atoms with E-state index >= 15 is 0 Å². The lowest BCUT2D eigenvalue weighted by molar-refractivity contribution is -0.139. The Kier molecular flexibility index (Phi) is 5.22. The van der Waals surface area contributed by atoms with Gasteiger partial charge in [0.05, 0.1) is 13.2 Å². The molecular formula is C13H26O3. The van der Waals surface area contributed by atoms with Crippen molar-refractivity contribution >= 4 is 0 Å². The molecular weight excluding hydrogens is 204 g/mol. The topological polar surface area (TPSA) is 38.7 Å². The van der Waals surface area contributed by atoms with Crippen LogP contribution >= 0.6 is 0 Å². The molecule has 96 valence electrons. The molecule has 0 spiro atoms. The zero-order valence-corrected chi connectivity index (χ0v) is 11.0. The zero-order chi connectivity index (χ0) is 12.2. The van der Waals surface area contributed by atoms with Gasteiger partial charge in [-0.15, -0.1) is 0 Å². The summed E-state index contributed by atoms with van der Waals surface area (Å²) in [7, 11) is 0. The first-order chi connectivity index (χ1) is 7.47. The van der Waals surface area contributed by atoms with E-state index in [-0.39, 0.29) is 11.5 Å². The summed E-state index contributed by atoms with van der Waals surface area (Å²) in [6.45, 7) is 10.3. The van der Waals surface area contributed by atoms with Gasteiger partial charge in [0.1, 0.15) is 6.10 Å². The summed E-state index contributed by atoms with van der Waals surface area (Å²) in [4.78, 5) is 0. The molecule has 0 saturated carbocycles. The molecule has 3 heteroatoms. The normalized spacial score (nSPS) is 29.6. The maximum Gasteiger partial charge on any atom is 0.181 e. The van der Waals surface area contributed by atoms with E-state index in [2.05, 4.69) is 27.7 Å². The van der Waals surface area contributed by atoms with E-state index in [0.717, 1.165) is 19.3 Å². The third kappa shape index (κ3) is 4.04. The van der Waals surface area contributed by atoms with E-state index in [4.69, 9.17) is 9.47 Å². The fourth-order valence-corrected chi connectivity index (χ4v) is 2.32. The minimum Gasteiger partial charge on any atom is -0.372 e. The van der Waals surface area contributed by atoms with Crippen LogP contribution in [0.3, 0.4) is 0 Å². The highest BCUT2D eigenvalue weighted by molar-refractivity contribution is 4.76. The highest BCUT2D eigenvalue weighted by atomic mass is 16.6. The lowest BCUT2D eigenvalue weighted by atomic mass is 9.80. The Bertz CT molecular complexity index is 205. The van der Waals surface area contributed by atoms with Crippen LogP contribution in [0.2, 0.25) is 0 Å². The summed E-state index contributed by atoms with van der Waals surface area (Å²) < 4.78 is 10.9. The summed E-state index contributed by atoms with van der Waals surface area (Å²) in [5.41, 5.74) is 0.219. The van der Waals surface area contributed by atoms with Crippen molar-refractivity contribution in [3.05, 3.63) is 0 Å². The van der Waals surface area contributed by atoms with E-state index in [1.165, 1.54) is 0 Å². The van der Waals surface area contributed by atoms with E-state index in [1.54, 1.807) is 0 Å². The summed E-state index contributed by atoms with van der Waals surface area (Å²) in [6, 6.07) is 0. The second kappa shape index (κ2) is 5.99. The van der Waals surface area contributed by atoms with E-state index in [9.17, 15) is 5.11 Å². The van der Waals surface area contributed by atoms with E-state index < -0.39 is 6.29 Å². The number of hydrogen-bond donors (Lipinski definition) is 1. The van der Waals surface area contributed by atoms with Gasteiger partial charge in [0, 0.05) is 6.42 Å². The number of aliphatic hydroxyl groups is 1. The molecule has 1 N–H and O–H groups in total. The fraction of sp³-hybridized carbons (Fsp3) is 1.00. The predicted octanol–water partition coefficient (Wildman–Crippen LogP) is 2.57. The molecule has 1 fully saturated rings. The molecule has 1 heterocycles. The van der Waals surface area contributed by atoms with Crippen LogP contribution in [0.15, 0.2) is 0 Å². The second-order valence-corrected chi connectivity index (χ2v) is 5.66. The smallest absolute Gasteiger partial charge is 0.181 e. The molecule has 1 aliphatic rings. The molecule has 3 nitrogen and oxygen atoms in total. The van der Waals surface area contributed by atoms with Crippen LogP contribution in [0.25, 0.3) is 0 Å². The number of hydrogen-bond acceptors (Lipinski definition) is 3. The van der Waals surface area contributed by atoms with Gasteiger partial charge in [-0.25, -0.2) is 0 Å². The van der Waals surface area contributed by atoms with Gasteiger partial charge >= 0.3 is 0 Å². The van der Waals surface area contributed by atoms with Crippen LogP contribution in [0.4, 0.5) is 0 Å². The van der Waals surface area contributed by atoms with Crippen molar-refractivity contribution in [1.82, 2.24) is 0 Å². The average molecular weight is 230 g/mol. The van der Waals surface area contributed by atoms with Gasteiger partial charge in [0.25, 0.3) is 0 Å². The summed E-state index contributed by atoms with van der Waals surface area (Å²) in [5, 5.41) is 9.49. The first-order valence-corrected chi connectivity index (χ1v) is 6.38. The van der Waals surface area contributed by atoms with Crippen molar-refractivity contribution < 1.29 is 14.6 Å². The SMILES string of the molecule is CCC(C)(COC1CCO[C@H]1O)CC(C)C. The molecule has 3 atom stereocenters. The van der Waals surface area contributed by atoms with Gasteiger partial charge in [-0.1, -0.05) is 27.7 Å². The van der Waals surface area contributed by atoms with Crippen molar-refractivity contribution in [2.45, 2.75) is 59.4 Å². The van der Waals surface area contributed by atoms with Gasteiger partial charge in [0.2, 0.25) is 0 Å². The maximum absolute atomic E-state index is 9.49. The molecule has 1 rings (SSSR count). The quantitative estimate of drug-likeness (QED) is 0.762. The molecule has 1 saturated heterocycles. The molecule has 1 aliphatic heterocycles. The predicted molar refractivity (Wildman–Crippen MR) is 64.2 cm³/mol. The van der Waals surface area contributed by atoms with Gasteiger partial charge in [-0.2, -0.15) is 0 Å². The van der Waals surface area contributed by atoms with Crippen molar-refractivity contribution in [2.75, 3.05) is 13.2 Å². The Labute approximate surface area is 99.1 Å². The zero-order valence-electron chi connectivity index (χ0n) is 11.0. The average Bonchev–Trinajstić information content (AvgIpc) is 2.60. The van der Waals surface area contributed by atoms with Crippen LogP contribution in [0.1, 0.15) is 47.0 Å². The Morgan fingerprint density at radius 2 is 2.19 bits per heavy atom. The highest BCUT2D eigenvalue weighted by Gasteiger charge is 2.31. The molecule has 0 aromatic rings. The molecule has 16 heavy (non-hydrogen) atoms. The second-order valence-electron chi connectivity index (χ2n) is 5.66. The van der Waals surface area contributed by atoms with Gasteiger partial charge in [-0.05, 0) is 24.2 Å². The van der Waals surface area contributed by atoms with Crippen LogP contribution in [-0.4, -0.2) is 30.7 Å². The molecule has 0 aromatic carbocycles. The largest absolute Gasteiger partial charge is 0.372 e. The monoisotopic (exact) mass is 230 g/mol. The van der Waals surface area contributed by atoms with Gasteiger partial charge in [-0.3, -0.25) is 0 Å². The standard InChI is InChI=1S/C13H26O3/c1-5-13(4,8-10(2)3)9-16-11-6-7-15-12(11)14/h10-12,14H,5-9H2,1-4H3/t11?,12-,13?/m1/s1. The van der Waals surface area contributed by atoms with Gasteiger partial charge < -0.3 is 14.6 Å². The fourth-order valence-electron chi connectivity index (χ4n) is 2.32. The molecule has 0 aliphatic carbocycles. The number of rotatable bonds is 6. The van der Waals surface area contributed by atoms with Crippen LogP contribution in [-0.2, 0) is 9.47 Å². The summed E-state index contributed by atoms with van der Waals surface area (Å²) >= 11 is 0. The molecule has 0 aromatic heterocycles. The third-order valence-electron chi connectivity index (χ3n) is 3.41. The highest BCUT2D eigenvalue weighted by Crippen LogP contribution is 2.31. The number of aliphatic hydroxyl groups excluding tert-OH is 1. The maximum atomic E-state index is 9.49. The lowest BCUT2D eigenvalue weighted by Crippen LogP contribution is -2.31. The van der Waals surface area contributed by atoms with Crippen LogP contribution in [0.5, 0.6) is 0 Å². The summed E-state index contributed by atoms with van der Waals surface area (Å²) in [6.07, 6.45) is 2.23. The molecule has 0 radical (unpaired) electrons. The molecule has 0 bridgehead atoms. The third-order valence-corrected chi connectivity index (χ3v) is 3.41. The summed E-state index contributed by atoms with van der Waals surface area (Å²) in [5.74, 6) is 0.679. The molecule has 2 unspecified atom stereocenters. The lowest BCUT2D eigenvalue weighted by Gasteiger charge is -2.31. The van der Waals surface area contributed by atoms with Crippen molar-refractivity contribution in [1.29, 1.82) is 0 Å². The van der Waals surface area contributed by atoms with Crippen LogP contribution in [0, 0.1) is 11.3 Å². The minimum absolute atomic E-state index is 0.127. The first kappa shape index (κ1) is 13.9. The Hall–Kier alpha value is -0.120.